The van der Waals surface area contributed by atoms with Gasteiger partial charge < -0.3 is 25.6 Å². The van der Waals surface area contributed by atoms with Crippen molar-refractivity contribution >= 4 is 41.9 Å². The number of likely N-dealkylation sites (tertiary alicyclic amines) is 1. The van der Waals surface area contributed by atoms with E-state index in [0.29, 0.717) is 32.8 Å². The summed E-state index contributed by atoms with van der Waals surface area (Å²) < 4.78 is 5.02. The number of nitrogens with zero attached hydrogens (tertiary/aromatic N) is 2. The maximum absolute atomic E-state index is 11.7. The Morgan fingerprint density at radius 1 is 1.12 bits per heavy atom. The van der Waals surface area contributed by atoms with E-state index in [0.717, 1.165) is 31.6 Å². The van der Waals surface area contributed by atoms with Gasteiger partial charge in [-0.2, -0.15) is 0 Å². The summed E-state index contributed by atoms with van der Waals surface area (Å²) in [7, 11) is 1.73. The molecule has 2 fully saturated rings. The minimum atomic E-state index is -0.232. The molecule has 1 aliphatic carbocycles. The first-order valence-electron chi connectivity index (χ1n) is 8.80. The van der Waals surface area contributed by atoms with E-state index in [1.165, 1.54) is 0 Å². The zero-order valence-electron chi connectivity index (χ0n) is 15.0. The third kappa shape index (κ3) is 7.66. The first-order valence-corrected chi connectivity index (χ1v) is 8.80. The number of aliphatic imine (C=N–C) groups is 1. The van der Waals surface area contributed by atoms with Crippen LogP contribution in [0.2, 0.25) is 0 Å². The van der Waals surface area contributed by atoms with Crippen LogP contribution in [-0.4, -0.2) is 68.7 Å². The van der Waals surface area contributed by atoms with Crippen molar-refractivity contribution in [1.82, 2.24) is 20.9 Å². The maximum Gasteiger partial charge on any atom is 0.409 e. The van der Waals surface area contributed by atoms with E-state index in [1.54, 1.807) is 11.9 Å². The van der Waals surface area contributed by atoms with Crippen LogP contribution in [-0.2, 0) is 9.53 Å². The first kappa shape index (κ1) is 21.8. The molecule has 1 saturated heterocycles. The van der Waals surface area contributed by atoms with Crippen molar-refractivity contribution in [2.75, 3.05) is 39.8 Å². The Morgan fingerprint density at radius 3 is 2.32 bits per heavy atom. The molecule has 9 heteroatoms. The molecule has 2 rings (SSSR count). The molecule has 0 spiro atoms. The van der Waals surface area contributed by atoms with E-state index in [9.17, 15) is 9.59 Å². The van der Waals surface area contributed by atoms with Crippen LogP contribution in [0.15, 0.2) is 4.99 Å². The largest absolute Gasteiger partial charge is 0.450 e. The summed E-state index contributed by atoms with van der Waals surface area (Å²) in [4.78, 5) is 29.2. The van der Waals surface area contributed by atoms with Gasteiger partial charge in [-0.05, 0) is 32.6 Å². The molecule has 0 bridgehead atoms. The minimum absolute atomic E-state index is 0. The van der Waals surface area contributed by atoms with Gasteiger partial charge in [-0.3, -0.25) is 9.79 Å². The van der Waals surface area contributed by atoms with Crippen molar-refractivity contribution in [2.24, 2.45) is 10.9 Å². The lowest BCUT2D eigenvalue weighted by Gasteiger charge is -2.32. The molecule has 0 aromatic heterocycles. The van der Waals surface area contributed by atoms with Crippen molar-refractivity contribution in [3.8, 4) is 0 Å². The minimum Gasteiger partial charge on any atom is -0.450 e. The van der Waals surface area contributed by atoms with E-state index >= 15 is 0 Å². The second kappa shape index (κ2) is 11.4. The molecule has 1 heterocycles. The van der Waals surface area contributed by atoms with Crippen LogP contribution in [0.5, 0.6) is 0 Å². The molecular formula is C16H30IN5O3. The number of amides is 2. The zero-order chi connectivity index (χ0) is 17.4. The highest BCUT2D eigenvalue weighted by Gasteiger charge is 2.29. The summed E-state index contributed by atoms with van der Waals surface area (Å²) in [5.74, 6) is 1.13. The number of hydrogen-bond acceptors (Lipinski definition) is 4. The Hall–Kier alpha value is -1.26. The maximum atomic E-state index is 11.7. The molecule has 2 aliphatic rings. The SMILES string of the molecule is CCOC(=O)N1CCC(NC(=NC)NCCNC(=O)C2CC2)CC1.I. The third-order valence-corrected chi connectivity index (χ3v) is 4.25. The van der Waals surface area contributed by atoms with Gasteiger partial charge in [0.05, 0.1) is 6.61 Å². The van der Waals surface area contributed by atoms with E-state index in [4.69, 9.17) is 4.74 Å². The number of halogens is 1. The van der Waals surface area contributed by atoms with Gasteiger partial charge in [-0.25, -0.2) is 4.79 Å². The number of hydrogen-bond donors (Lipinski definition) is 3. The monoisotopic (exact) mass is 467 g/mol. The smallest absolute Gasteiger partial charge is 0.409 e. The molecule has 1 aliphatic heterocycles. The van der Waals surface area contributed by atoms with Crippen molar-refractivity contribution in [1.29, 1.82) is 0 Å². The van der Waals surface area contributed by atoms with Crippen LogP contribution < -0.4 is 16.0 Å². The van der Waals surface area contributed by atoms with E-state index in [2.05, 4.69) is 20.9 Å². The van der Waals surface area contributed by atoms with Crippen molar-refractivity contribution in [3.05, 3.63) is 0 Å². The predicted octanol–water partition coefficient (Wildman–Crippen LogP) is 0.917. The van der Waals surface area contributed by atoms with Gasteiger partial charge in [0.25, 0.3) is 0 Å². The Kier molecular flexibility index (Phi) is 9.91. The van der Waals surface area contributed by atoms with Gasteiger partial charge in [-0.15, -0.1) is 24.0 Å². The highest BCUT2D eigenvalue weighted by Crippen LogP contribution is 2.28. The average molecular weight is 467 g/mol. The van der Waals surface area contributed by atoms with Crippen LogP contribution in [0, 0.1) is 5.92 Å². The summed E-state index contributed by atoms with van der Waals surface area (Å²) in [6, 6.07) is 0.280. The summed E-state index contributed by atoms with van der Waals surface area (Å²) in [6.07, 6.45) is 3.53. The number of rotatable bonds is 6. The molecule has 1 saturated carbocycles. The van der Waals surface area contributed by atoms with Gasteiger partial charge >= 0.3 is 6.09 Å². The molecule has 0 aromatic rings. The van der Waals surface area contributed by atoms with E-state index < -0.39 is 0 Å². The molecule has 25 heavy (non-hydrogen) atoms. The summed E-state index contributed by atoms with van der Waals surface area (Å²) in [5, 5.41) is 9.49. The Morgan fingerprint density at radius 2 is 1.76 bits per heavy atom. The van der Waals surface area contributed by atoms with Crippen LogP contribution in [0.4, 0.5) is 4.79 Å². The van der Waals surface area contributed by atoms with Crippen molar-refractivity contribution in [2.45, 2.75) is 38.6 Å². The normalized spacial score (nSPS) is 18.2. The number of guanidine groups is 1. The summed E-state index contributed by atoms with van der Waals surface area (Å²) in [6.45, 7) is 4.83. The number of ether oxygens (including phenoxy) is 1. The fraction of sp³-hybridized carbons (Fsp3) is 0.812. The van der Waals surface area contributed by atoms with Crippen molar-refractivity contribution < 1.29 is 14.3 Å². The Labute approximate surface area is 166 Å². The second-order valence-electron chi connectivity index (χ2n) is 6.17. The topological polar surface area (TPSA) is 95.1 Å². The fourth-order valence-electron chi connectivity index (χ4n) is 2.67. The van der Waals surface area contributed by atoms with Crippen LogP contribution in [0.25, 0.3) is 0 Å². The lowest BCUT2D eigenvalue weighted by molar-refractivity contribution is -0.122. The quantitative estimate of drug-likeness (QED) is 0.234. The van der Waals surface area contributed by atoms with Crippen LogP contribution >= 0.6 is 24.0 Å². The highest BCUT2D eigenvalue weighted by molar-refractivity contribution is 14.0. The van der Waals surface area contributed by atoms with Crippen LogP contribution in [0.1, 0.15) is 32.6 Å². The first-order chi connectivity index (χ1) is 11.6. The zero-order valence-corrected chi connectivity index (χ0v) is 17.4. The number of piperidine rings is 1. The van der Waals surface area contributed by atoms with Gasteiger partial charge in [-0.1, -0.05) is 0 Å². The number of nitrogens with one attached hydrogen (secondary N) is 3. The molecule has 0 aromatic carbocycles. The molecule has 8 nitrogen and oxygen atoms in total. The summed E-state index contributed by atoms with van der Waals surface area (Å²) in [5.41, 5.74) is 0. The second-order valence-corrected chi connectivity index (χ2v) is 6.17. The molecule has 144 valence electrons. The van der Waals surface area contributed by atoms with Crippen LogP contribution in [0.3, 0.4) is 0 Å². The lowest BCUT2D eigenvalue weighted by atomic mass is 10.1. The van der Waals surface area contributed by atoms with Gasteiger partial charge in [0.2, 0.25) is 5.91 Å². The molecule has 0 unspecified atom stereocenters. The van der Waals surface area contributed by atoms with Gasteiger partial charge in [0, 0.05) is 45.2 Å². The standard InChI is InChI=1S/C16H29N5O3.HI/c1-3-24-16(23)21-10-6-13(7-11-21)20-15(17-2)19-9-8-18-14(22)12-4-5-12;/h12-13H,3-11H2,1-2H3,(H,18,22)(H2,17,19,20);1H. The molecule has 0 atom stereocenters. The third-order valence-electron chi connectivity index (χ3n) is 4.25. The fourth-order valence-corrected chi connectivity index (χ4v) is 2.67. The Bertz CT molecular complexity index is 463. The number of carbonyl (C=O) groups excluding carboxylic acids is 2. The highest BCUT2D eigenvalue weighted by atomic mass is 127. The Balaban J connectivity index is 0.00000312. The van der Waals surface area contributed by atoms with Crippen molar-refractivity contribution in [3.63, 3.8) is 0 Å². The number of carbonyl (C=O) groups is 2. The average Bonchev–Trinajstić information content (AvgIpc) is 3.43. The predicted molar refractivity (Wildman–Crippen MR) is 107 cm³/mol. The van der Waals surface area contributed by atoms with E-state index in [1.807, 2.05) is 6.92 Å². The lowest BCUT2D eigenvalue weighted by Crippen LogP contribution is -2.50. The molecule has 3 N–H and O–H groups in total. The molecule has 2 amide bonds. The summed E-state index contributed by atoms with van der Waals surface area (Å²) >= 11 is 0. The van der Waals surface area contributed by atoms with Gasteiger partial charge in [0.1, 0.15) is 0 Å². The van der Waals surface area contributed by atoms with Gasteiger partial charge in [0.15, 0.2) is 5.96 Å². The molecule has 0 radical (unpaired) electrons. The molecular weight excluding hydrogens is 437 g/mol. The van der Waals surface area contributed by atoms with E-state index in [-0.39, 0.29) is 47.9 Å².